The van der Waals surface area contributed by atoms with Crippen LogP contribution in [0.15, 0.2) is 0 Å². The second kappa shape index (κ2) is 3.58. The van der Waals surface area contributed by atoms with E-state index in [4.69, 9.17) is 0 Å². The molecule has 2 aliphatic rings. The van der Waals surface area contributed by atoms with Crippen molar-refractivity contribution in [3.05, 3.63) is 0 Å². The van der Waals surface area contributed by atoms with E-state index in [-0.39, 0.29) is 10.8 Å². The van der Waals surface area contributed by atoms with Crippen molar-refractivity contribution in [3.63, 3.8) is 0 Å². The average molecular weight is 222 g/mol. The molecule has 0 N–H and O–H groups in total. The van der Waals surface area contributed by atoms with Gasteiger partial charge in [-0.1, -0.05) is 47.5 Å². The molecule has 2 rings (SSSR count). The van der Waals surface area contributed by atoms with E-state index >= 15 is 0 Å². The number of hydrogen-bond acceptors (Lipinski definition) is 1. The third kappa shape index (κ3) is 1.63. The topological polar surface area (TPSA) is 17.1 Å². The van der Waals surface area contributed by atoms with Crippen molar-refractivity contribution in [2.75, 3.05) is 0 Å². The summed E-state index contributed by atoms with van der Waals surface area (Å²) in [5.41, 5.74) is 0.454. The Morgan fingerprint density at radius 1 is 1.06 bits per heavy atom. The highest BCUT2D eigenvalue weighted by Gasteiger charge is 2.68. The van der Waals surface area contributed by atoms with Crippen LogP contribution in [-0.4, -0.2) is 5.78 Å². The van der Waals surface area contributed by atoms with E-state index in [1.54, 1.807) is 0 Å². The number of ketones is 1. The van der Waals surface area contributed by atoms with Crippen LogP contribution in [0.1, 0.15) is 60.3 Å². The maximum atomic E-state index is 12.5. The zero-order chi connectivity index (χ0) is 12.1. The Bertz CT molecular complexity index is 287. The van der Waals surface area contributed by atoms with Gasteiger partial charge in [-0.25, -0.2) is 0 Å². The first-order valence-corrected chi connectivity index (χ1v) is 6.82. The lowest BCUT2D eigenvalue weighted by molar-refractivity contribution is -0.126. The van der Waals surface area contributed by atoms with Crippen LogP contribution in [-0.2, 0) is 4.79 Å². The minimum absolute atomic E-state index is 0.227. The molecule has 2 unspecified atom stereocenters. The fraction of sp³-hybridized carbons (Fsp3) is 0.933. The second-order valence-electron chi connectivity index (χ2n) is 7.25. The highest BCUT2D eigenvalue weighted by Crippen LogP contribution is 2.69. The number of carbonyl (C=O) groups excluding carboxylic acids is 1. The molecule has 2 atom stereocenters. The normalized spacial score (nSPS) is 37.1. The summed E-state index contributed by atoms with van der Waals surface area (Å²) in [4.78, 5) is 12.5. The molecule has 0 saturated heterocycles. The molecule has 0 heterocycles. The van der Waals surface area contributed by atoms with E-state index in [1.165, 1.54) is 12.8 Å². The van der Waals surface area contributed by atoms with Gasteiger partial charge in [0.15, 0.2) is 0 Å². The summed E-state index contributed by atoms with van der Waals surface area (Å²) in [7, 11) is 0. The van der Waals surface area contributed by atoms with E-state index in [1.807, 2.05) is 0 Å². The van der Waals surface area contributed by atoms with Crippen LogP contribution in [0.3, 0.4) is 0 Å². The molecule has 1 nitrogen and oxygen atoms in total. The third-order valence-electron chi connectivity index (χ3n) is 5.64. The summed E-state index contributed by atoms with van der Waals surface area (Å²) in [5.74, 6) is 2.01. The van der Waals surface area contributed by atoms with Crippen LogP contribution < -0.4 is 0 Å². The summed E-state index contributed by atoms with van der Waals surface area (Å²) < 4.78 is 0. The minimum Gasteiger partial charge on any atom is -0.299 e. The molecule has 2 aliphatic carbocycles. The van der Waals surface area contributed by atoms with Crippen LogP contribution in [0.5, 0.6) is 0 Å². The quantitative estimate of drug-likeness (QED) is 0.688. The largest absolute Gasteiger partial charge is 0.299 e. The van der Waals surface area contributed by atoms with Crippen molar-refractivity contribution < 1.29 is 4.79 Å². The first-order chi connectivity index (χ1) is 7.28. The molecule has 0 aliphatic heterocycles. The van der Waals surface area contributed by atoms with Crippen LogP contribution in [0.4, 0.5) is 0 Å². The molecule has 0 aromatic carbocycles. The predicted molar refractivity (Wildman–Crippen MR) is 67.2 cm³/mol. The van der Waals surface area contributed by atoms with E-state index in [9.17, 15) is 4.79 Å². The Labute approximate surface area is 100.0 Å². The zero-order valence-corrected chi connectivity index (χ0v) is 11.5. The lowest BCUT2D eigenvalue weighted by Gasteiger charge is -2.26. The van der Waals surface area contributed by atoms with Gasteiger partial charge in [-0.05, 0) is 29.6 Å². The van der Waals surface area contributed by atoms with Gasteiger partial charge in [-0.3, -0.25) is 4.79 Å². The SMILES string of the molecule is CC1CCCC(C(=O)C2C(C)(C)C2(C)C)C1. The highest BCUT2D eigenvalue weighted by atomic mass is 16.1. The lowest BCUT2D eigenvalue weighted by atomic mass is 9.78. The van der Waals surface area contributed by atoms with Gasteiger partial charge in [0, 0.05) is 11.8 Å². The first kappa shape index (κ1) is 12.1. The second-order valence-corrected chi connectivity index (χ2v) is 7.25. The van der Waals surface area contributed by atoms with Crippen molar-refractivity contribution >= 4 is 5.78 Å². The minimum atomic E-state index is 0.227. The average Bonchev–Trinajstić information content (AvgIpc) is 2.56. The van der Waals surface area contributed by atoms with Crippen LogP contribution in [0, 0.1) is 28.6 Å². The molecule has 0 bridgehead atoms. The van der Waals surface area contributed by atoms with Crippen molar-refractivity contribution in [1.82, 2.24) is 0 Å². The molecule has 0 amide bonds. The van der Waals surface area contributed by atoms with Crippen molar-refractivity contribution in [2.45, 2.75) is 60.3 Å². The maximum Gasteiger partial charge on any atom is 0.140 e. The molecule has 92 valence electrons. The molecule has 16 heavy (non-hydrogen) atoms. The Hall–Kier alpha value is -0.330. The van der Waals surface area contributed by atoms with Crippen molar-refractivity contribution in [3.8, 4) is 0 Å². The number of carbonyl (C=O) groups is 1. The van der Waals surface area contributed by atoms with Gasteiger partial charge in [0.05, 0.1) is 0 Å². The predicted octanol–water partition coefficient (Wildman–Crippen LogP) is 4.06. The molecular weight excluding hydrogens is 196 g/mol. The fourth-order valence-electron chi connectivity index (χ4n) is 3.84. The fourth-order valence-corrected chi connectivity index (χ4v) is 3.84. The van der Waals surface area contributed by atoms with E-state index < -0.39 is 0 Å². The van der Waals surface area contributed by atoms with E-state index in [0.717, 1.165) is 18.8 Å². The number of Topliss-reactive ketones (excluding diaryl/α,β-unsaturated/α-hetero) is 1. The Morgan fingerprint density at radius 3 is 2.06 bits per heavy atom. The van der Waals surface area contributed by atoms with Gasteiger partial charge < -0.3 is 0 Å². The van der Waals surface area contributed by atoms with E-state index in [2.05, 4.69) is 34.6 Å². The van der Waals surface area contributed by atoms with Crippen LogP contribution >= 0.6 is 0 Å². The summed E-state index contributed by atoms with van der Waals surface area (Å²) >= 11 is 0. The Balaban J connectivity index is 2.04. The summed E-state index contributed by atoms with van der Waals surface area (Å²) in [6.07, 6.45) is 4.86. The van der Waals surface area contributed by atoms with Gasteiger partial charge >= 0.3 is 0 Å². The zero-order valence-electron chi connectivity index (χ0n) is 11.5. The Morgan fingerprint density at radius 2 is 1.62 bits per heavy atom. The van der Waals surface area contributed by atoms with Gasteiger partial charge in [-0.2, -0.15) is 0 Å². The molecule has 0 spiro atoms. The molecule has 0 radical (unpaired) electrons. The van der Waals surface area contributed by atoms with Crippen molar-refractivity contribution in [1.29, 1.82) is 0 Å². The van der Waals surface area contributed by atoms with Crippen LogP contribution in [0.2, 0.25) is 0 Å². The first-order valence-electron chi connectivity index (χ1n) is 6.82. The van der Waals surface area contributed by atoms with Crippen LogP contribution in [0.25, 0.3) is 0 Å². The molecular formula is C15H26O. The molecule has 2 fully saturated rings. The molecule has 0 aromatic rings. The lowest BCUT2D eigenvalue weighted by Crippen LogP contribution is -2.25. The molecule has 0 aromatic heterocycles. The number of rotatable bonds is 2. The van der Waals surface area contributed by atoms with E-state index in [0.29, 0.717) is 17.6 Å². The van der Waals surface area contributed by atoms with Gasteiger partial charge in [-0.15, -0.1) is 0 Å². The van der Waals surface area contributed by atoms with Crippen molar-refractivity contribution in [2.24, 2.45) is 28.6 Å². The van der Waals surface area contributed by atoms with Gasteiger partial charge in [0.2, 0.25) is 0 Å². The van der Waals surface area contributed by atoms with Gasteiger partial charge in [0.1, 0.15) is 5.78 Å². The Kier molecular flexibility index (Phi) is 2.72. The summed E-state index contributed by atoms with van der Waals surface area (Å²) in [6.45, 7) is 11.3. The molecule has 2 saturated carbocycles. The summed E-state index contributed by atoms with van der Waals surface area (Å²) in [5, 5.41) is 0. The highest BCUT2D eigenvalue weighted by molar-refractivity contribution is 5.88. The monoisotopic (exact) mass is 222 g/mol. The number of hydrogen-bond donors (Lipinski definition) is 0. The van der Waals surface area contributed by atoms with Gasteiger partial charge in [0.25, 0.3) is 0 Å². The maximum absolute atomic E-state index is 12.5. The smallest absolute Gasteiger partial charge is 0.140 e. The molecule has 1 heteroatoms. The summed E-state index contributed by atoms with van der Waals surface area (Å²) in [6, 6.07) is 0. The third-order valence-corrected chi connectivity index (χ3v) is 5.64. The standard InChI is InChI=1S/C15H26O/c1-10-7-6-8-11(9-10)12(16)13-14(2,3)15(13,4)5/h10-11,13H,6-9H2,1-5H3.